The number of aromatic amines is 1. The van der Waals surface area contributed by atoms with E-state index in [0.29, 0.717) is 28.1 Å². The topological polar surface area (TPSA) is 66.5 Å². The van der Waals surface area contributed by atoms with Crippen LogP contribution in [0.1, 0.15) is 29.7 Å². The smallest absolute Gasteiger partial charge is 0.323 e. The van der Waals surface area contributed by atoms with Crippen molar-refractivity contribution in [3.8, 4) is 11.4 Å². The van der Waals surface area contributed by atoms with Crippen LogP contribution in [0.15, 0.2) is 42.5 Å². The normalized spacial score (nSPS) is 13.9. The van der Waals surface area contributed by atoms with Gasteiger partial charge < -0.3 is 5.32 Å². The maximum atomic E-state index is 13.8. The summed E-state index contributed by atoms with van der Waals surface area (Å²) in [5, 5.41) is 10.8. The molecule has 2 aromatic carbocycles. The van der Waals surface area contributed by atoms with E-state index in [9.17, 15) is 17.6 Å². The van der Waals surface area contributed by atoms with E-state index in [0.717, 1.165) is 36.9 Å². The molecule has 32 heavy (non-hydrogen) atoms. The van der Waals surface area contributed by atoms with E-state index in [1.165, 1.54) is 18.2 Å². The highest BCUT2D eigenvalue weighted by atomic mass is 19.4. The molecule has 5 rings (SSSR count). The van der Waals surface area contributed by atoms with Crippen LogP contribution in [0.3, 0.4) is 0 Å². The number of halogens is 4. The monoisotopic (exact) mass is 441 g/mol. The average Bonchev–Trinajstić information content (AvgIpc) is 3.15. The standard InChI is InChI=1S/C23H19F4N5/c24-14-9-10-19-17(11-14)22(32-31-19)30-21-16-7-3-4-8-18(16)28-20(29-21)15-6-2-1-5-13(15)12-23(25,26)27/h1-2,5-6,9-11H,3-4,7-8,12H2,(H2,28,29,30,31,32). The average molecular weight is 441 g/mol. The lowest BCUT2D eigenvalue weighted by Crippen LogP contribution is -2.14. The van der Waals surface area contributed by atoms with Gasteiger partial charge in [-0.25, -0.2) is 14.4 Å². The van der Waals surface area contributed by atoms with Gasteiger partial charge in [0.1, 0.15) is 11.6 Å². The van der Waals surface area contributed by atoms with Gasteiger partial charge in [0.15, 0.2) is 11.6 Å². The number of nitrogens with one attached hydrogen (secondary N) is 2. The molecule has 0 bridgehead atoms. The Morgan fingerprint density at radius 3 is 2.62 bits per heavy atom. The number of hydrogen-bond donors (Lipinski definition) is 2. The van der Waals surface area contributed by atoms with Crippen molar-refractivity contribution in [3.63, 3.8) is 0 Å². The minimum absolute atomic E-state index is 0.119. The lowest BCUT2D eigenvalue weighted by Gasteiger charge is -2.20. The number of anilines is 2. The van der Waals surface area contributed by atoms with E-state index >= 15 is 0 Å². The highest BCUT2D eigenvalue weighted by molar-refractivity contribution is 5.91. The van der Waals surface area contributed by atoms with E-state index < -0.39 is 18.4 Å². The Hall–Kier alpha value is -3.49. The van der Waals surface area contributed by atoms with Gasteiger partial charge in [-0.3, -0.25) is 5.10 Å². The molecule has 0 fully saturated rings. The first-order chi connectivity index (χ1) is 15.4. The summed E-state index contributed by atoms with van der Waals surface area (Å²) in [5.74, 6) is 0.733. The Kier molecular flexibility index (Phi) is 5.03. The van der Waals surface area contributed by atoms with Crippen LogP contribution >= 0.6 is 0 Å². The molecule has 0 amide bonds. The van der Waals surface area contributed by atoms with Crippen LogP contribution in [0, 0.1) is 5.82 Å². The summed E-state index contributed by atoms with van der Waals surface area (Å²) in [7, 11) is 0. The first kappa shape index (κ1) is 20.4. The lowest BCUT2D eigenvalue weighted by molar-refractivity contribution is -0.127. The van der Waals surface area contributed by atoms with E-state index in [1.54, 1.807) is 24.3 Å². The Morgan fingerprint density at radius 1 is 0.969 bits per heavy atom. The molecule has 0 saturated carbocycles. The second-order valence-corrected chi connectivity index (χ2v) is 7.86. The summed E-state index contributed by atoms with van der Waals surface area (Å²) < 4.78 is 53.2. The summed E-state index contributed by atoms with van der Waals surface area (Å²) in [4.78, 5) is 9.25. The maximum absolute atomic E-state index is 13.8. The Labute approximate surface area is 180 Å². The van der Waals surface area contributed by atoms with Crippen molar-refractivity contribution >= 4 is 22.5 Å². The fraction of sp³-hybridized carbons (Fsp3) is 0.261. The largest absolute Gasteiger partial charge is 0.393 e. The van der Waals surface area contributed by atoms with Crippen LogP contribution in [-0.4, -0.2) is 26.3 Å². The van der Waals surface area contributed by atoms with Crippen LogP contribution in [0.5, 0.6) is 0 Å². The van der Waals surface area contributed by atoms with Crippen LogP contribution in [0.25, 0.3) is 22.3 Å². The summed E-state index contributed by atoms with van der Waals surface area (Å²) in [6.45, 7) is 0. The molecule has 1 aliphatic carbocycles. The molecule has 0 atom stereocenters. The fourth-order valence-corrected chi connectivity index (χ4v) is 4.12. The minimum atomic E-state index is -4.34. The van der Waals surface area contributed by atoms with Gasteiger partial charge in [-0.15, -0.1) is 0 Å². The van der Waals surface area contributed by atoms with Crippen molar-refractivity contribution < 1.29 is 17.6 Å². The number of nitrogens with zero attached hydrogens (tertiary/aromatic N) is 3. The van der Waals surface area contributed by atoms with Gasteiger partial charge in [0.25, 0.3) is 0 Å². The Balaban J connectivity index is 1.61. The predicted molar refractivity (Wildman–Crippen MR) is 113 cm³/mol. The Morgan fingerprint density at radius 2 is 1.78 bits per heavy atom. The summed E-state index contributed by atoms with van der Waals surface area (Å²) >= 11 is 0. The van der Waals surface area contributed by atoms with Gasteiger partial charge in [-0.05, 0) is 49.4 Å². The van der Waals surface area contributed by atoms with Gasteiger partial charge in [-0.1, -0.05) is 24.3 Å². The Bertz CT molecular complexity index is 1300. The fourth-order valence-electron chi connectivity index (χ4n) is 4.12. The van der Waals surface area contributed by atoms with Gasteiger partial charge in [0.05, 0.1) is 11.9 Å². The molecule has 9 heteroatoms. The second-order valence-electron chi connectivity index (χ2n) is 7.86. The van der Waals surface area contributed by atoms with E-state index in [-0.39, 0.29) is 11.4 Å². The number of benzene rings is 2. The molecule has 1 aliphatic rings. The molecule has 5 nitrogen and oxygen atoms in total. The number of fused-ring (bicyclic) bond motifs is 2. The van der Waals surface area contributed by atoms with Crippen molar-refractivity contribution in [2.75, 3.05) is 5.32 Å². The highest BCUT2D eigenvalue weighted by Crippen LogP contribution is 2.34. The third-order valence-electron chi connectivity index (χ3n) is 5.59. The molecule has 2 aromatic heterocycles. The third kappa shape index (κ3) is 4.02. The summed E-state index contributed by atoms with van der Waals surface area (Å²) in [6, 6.07) is 10.6. The predicted octanol–water partition coefficient (Wildman–Crippen LogP) is 5.89. The molecule has 0 aliphatic heterocycles. The number of H-pyrrole nitrogens is 1. The maximum Gasteiger partial charge on any atom is 0.393 e. The highest BCUT2D eigenvalue weighted by Gasteiger charge is 2.30. The van der Waals surface area contributed by atoms with Crippen LogP contribution in [-0.2, 0) is 19.3 Å². The molecule has 164 valence electrons. The van der Waals surface area contributed by atoms with E-state index in [4.69, 9.17) is 0 Å². The van der Waals surface area contributed by atoms with Crippen molar-refractivity contribution in [2.24, 2.45) is 0 Å². The van der Waals surface area contributed by atoms with Gasteiger partial charge >= 0.3 is 6.18 Å². The molecule has 2 N–H and O–H groups in total. The van der Waals surface area contributed by atoms with Crippen molar-refractivity contribution in [2.45, 2.75) is 38.3 Å². The number of aromatic nitrogens is 4. The van der Waals surface area contributed by atoms with E-state index in [1.807, 2.05) is 0 Å². The molecular weight excluding hydrogens is 422 g/mol. The van der Waals surface area contributed by atoms with Crippen LogP contribution in [0.2, 0.25) is 0 Å². The summed E-state index contributed by atoms with van der Waals surface area (Å²) in [5.41, 5.74) is 2.86. The molecule has 0 unspecified atom stereocenters. The number of aryl methyl sites for hydroxylation is 1. The van der Waals surface area contributed by atoms with Crippen molar-refractivity contribution in [1.29, 1.82) is 0 Å². The van der Waals surface area contributed by atoms with Crippen LogP contribution < -0.4 is 5.32 Å². The second kappa shape index (κ2) is 7.89. The SMILES string of the molecule is Fc1ccc2[nH]nc(Nc3nc(-c4ccccc4CC(F)(F)F)nc4c3CCCC4)c2c1. The minimum Gasteiger partial charge on any atom is -0.323 e. The molecule has 0 saturated heterocycles. The third-order valence-corrected chi connectivity index (χ3v) is 5.59. The lowest BCUT2D eigenvalue weighted by atomic mass is 9.95. The quantitative estimate of drug-likeness (QED) is 0.388. The van der Waals surface area contributed by atoms with Gasteiger partial charge in [0, 0.05) is 22.2 Å². The number of alkyl halides is 3. The van der Waals surface area contributed by atoms with Crippen LogP contribution in [0.4, 0.5) is 29.2 Å². The zero-order chi connectivity index (χ0) is 22.3. The van der Waals surface area contributed by atoms with Crippen molar-refractivity contribution in [1.82, 2.24) is 20.2 Å². The number of hydrogen-bond acceptors (Lipinski definition) is 4. The first-order valence-electron chi connectivity index (χ1n) is 10.3. The molecule has 4 aromatic rings. The first-order valence-corrected chi connectivity index (χ1v) is 10.3. The zero-order valence-corrected chi connectivity index (χ0v) is 16.9. The number of rotatable bonds is 4. The molecule has 2 heterocycles. The molecule has 0 radical (unpaired) electrons. The summed E-state index contributed by atoms with van der Waals surface area (Å²) in [6.07, 6.45) is -2.02. The molecular formula is C23H19F4N5. The van der Waals surface area contributed by atoms with Gasteiger partial charge in [0.2, 0.25) is 0 Å². The van der Waals surface area contributed by atoms with Gasteiger partial charge in [-0.2, -0.15) is 18.3 Å². The van der Waals surface area contributed by atoms with Crippen molar-refractivity contribution in [3.05, 3.63) is 65.1 Å². The molecule has 0 spiro atoms. The zero-order valence-electron chi connectivity index (χ0n) is 16.9. The van der Waals surface area contributed by atoms with E-state index in [2.05, 4.69) is 25.5 Å².